The Morgan fingerprint density at radius 1 is 1.20 bits per heavy atom. The number of thiazole rings is 1. The Balaban J connectivity index is 1.62. The molecular formula is C18H14N4O2S. The molecule has 4 aromatic rings. The lowest BCUT2D eigenvalue weighted by Gasteiger charge is -2.07. The molecule has 0 aliphatic carbocycles. The number of fused-ring (bicyclic) bond motifs is 1. The van der Waals surface area contributed by atoms with E-state index in [0.717, 1.165) is 21.7 Å². The summed E-state index contributed by atoms with van der Waals surface area (Å²) in [5, 5.41) is 3.38. The van der Waals surface area contributed by atoms with Crippen molar-refractivity contribution in [2.24, 2.45) is 0 Å². The van der Waals surface area contributed by atoms with Crippen molar-refractivity contribution in [2.45, 2.75) is 0 Å². The molecule has 0 fully saturated rings. The third kappa shape index (κ3) is 2.97. The van der Waals surface area contributed by atoms with Gasteiger partial charge >= 0.3 is 0 Å². The topological polar surface area (TPSA) is 69.0 Å². The molecule has 1 amide bonds. The first-order chi connectivity index (χ1) is 12.2. The van der Waals surface area contributed by atoms with Gasteiger partial charge in [-0.1, -0.05) is 29.5 Å². The fourth-order valence-corrected chi connectivity index (χ4v) is 3.39. The number of carbonyl (C=O) groups excluding carboxylic acids is 1. The Morgan fingerprint density at radius 3 is 2.84 bits per heavy atom. The van der Waals surface area contributed by atoms with Crippen molar-refractivity contribution in [3.8, 4) is 11.4 Å². The highest BCUT2D eigenvalue weighted by Gasteiger charge is 2.15. The number of anilines is 1. The van der Waals surface area contributed by atoms with E-state index in [1.807, 2.05) is 48.5 Å². The normalized spacial score (nSPS) is 10.8. The molecule has 124 valence electrons. The largest absolute Gasteiger partial charge is 0.497 e. The molecule has 0 unspecified atom stereocenters. The van der Waals surface area contributed by atoms with Crippen LogP contribution in [0.4, 0.5) is 5.13 Å². The van der Waals surface area contributed by atoms with Crippen molar-refractivity contribution < 1.29 is 9.53 Å². The number of hydrogen-bond acceptors (Lipinski definition) is 5. The van der Waals surface area contributed by atoms with Crippen LogP contribution in [0.1, 0.15) is 10.5 Å². The number of amides is 1. The van der Waals surface area contributed by atoms with Crippen molar-refractivity contribution in [1.82, 2.24) is 14.5 Å². The van der Waals surface area contributed by atoms with E-state index < -0.39 is 0 Å². The minimum Gasteiger partial charge on any atom is -0.497 e. The molecule has 0 aliphatic heterocycles. The van der Waals surface area contributed by atoms with Gasteiger partial charge in [0.1, 0.15) is 11.4 Å². The van der Waals surface area contributed by atoms with Crippen molar-refractivity contribution in [3.05, 3.63) is 66.7 Å². The second kappa shape index (κ2) is 6.37. The number of benzene rings is 2. The predicted octanol–water partition coefficient (Wildman–Crippen LogP) is 3.74. The number of imidazole rings is 1. The molecule has 2 aromatic heterocycles. The summed E-state index contributed by atoms with van der Waals surface area (Å²) in [6.07, 6.45) is 3.16. The van der Waals surface area contributed by atoms with Crippen LogP contribution in [0.2, 0.25) is 0 Å². The molecule has 25 heavy (non-hydrogen) atoms. The van der Waals surface area contributed by atoms with Crippen LogP contribution in [-0.2, 0) is 0 Å². The molecule has 2 aromatic carbocycles. The quantitative estimate of drug-likeness (QED) is 0.609. The monoisotopic (exact) mass is 350 g/mol. The Hall–Kier alpha value is -3.19. The van der Waals surface area contributed by atoms with Gasteiger partial charge in [-0.15, -0.1) is 0 Å². The van der Waals surface area contributed by atoms with Gasteiger partial charge in [-0.2, -0.15) is 0 Å². The maximum atomic E-state index is 12.6. The zero-order valence-corrected chi connectivity index (χ0v) is 14.2. The van der Waals surface area contributed by atoms with Crippen molar-refractivity contribution in [2.75, 3.05) is 12.4 Å². The Bertz CT molecular complexity index is 1040. The van der Waals surface area contributed by atoms with Gasteiger partial charge in [0.2, 0.25) is 0 Å². The zero-order valence-electron chi connectivity index (χ0n) is 13.3. The summed E-state index contributed by atoms with van der Waals surface area (Å²) in [6, 6.07) is 15.2. The third-order valence-electron chi connectivity index (χ3n) is 3.72. The fourth-order valence-electron chi connectivity index (χ4n) is 2.50. The SMILES string of the molecule is COc1ccc2nc(NC(=O)c3cncn3-c3ccccc3)sc2c1. The van der Waals surface area contributed by atoms with Crippen LogP contribution in [0.5, 0.6) is 5.75 Å². The Morgan fingerprint density at radius 2 is 2.04 bits per heavy atom. The number of nitrogens with one attached hydrogen (secondary N) is 1. The van der Waals surface area contributed by atoms with E-state index in [2.05, 4.69) is 15.3 Å². The molecule has 4 rings (SSSR count). The van der Waals surface area contributed by atoms with Crippen LogP contribution in [0.25, 0.3) is 15.9 Å². The smallest absolute Gasteiger partial charge is 0.276 e. The van der Waals surface area contributed by atoms with Crippen molar-refractivity contribution in [1.29, 1.82) is 0 Å². The predicted molar refractivity (Wildman–Crippen MR) is 97.7 cm³/mol. The summed E-state index contributed by atoms with van der Waals surface area (Å²) in [5.74, 6) is 0.503. The molecule has 6 nitrogen and oxygen atoms in total. The van der Waals surface area contributed by atoms with Gasteiger partial charge in [0.25, 0.3) is 5.91 Å². The van der Waals surface area contributed by atoms with Crippen LogP contribution in [0.3, 0.4) is 0 Å². The minimum atomic E-state index is -0.257. The lowest BCUT2D eigenvalue weighted by atomic mass is 10.3. The first-order valence-electron chi connectivity index (χ1n) is 7.58. The number of carbonyl (C=O) groups is 1. The number of methoxy groups -OCH3 is 1. The molecule has 1 N–H and O–H groups in total. The van der Waals surface area contributed by atoms with Crippen molar-refractivity contribution >= 4 is 32.6 Å². The summed E-state index contributed by atoms with van der Waals surface area (Å²) in [4.78, 5) is 21.2. The lowest BCUT2D eigenvalue weighted by Crippen LogP contribution is -2.15. The molecule has 0 aliphatic rings. The molecular weight excluding hydrogens is 336 g/mol. The van der Waals surface area contributed by atoms with E-state index in [-0.39, 0.29) is 5.91 Å². The molecule has 0 spiro atoms. The van der Waals surface area contributed by atoms with Crippen LogP contribution in [-0.4, -0.2) is 27.6 Å². The highest BCUT2D eigenvalue weighted by Crippen LogP contribution is 2.29. The molecule has 0 radical (unpaired) electrons. The second-order valence-corrected chi connectivity index (χ2v) is 6.32. The molecule has 0 atom stereocenters. The maximum absolute atomic E-state index is 12.6. The van der Waals surface area contributed by atoms with E-state index in [0.29, 0.717) is 10.8 Å². The molecule has 0 saturated heterocycles. The standard InChI is InChI=1S/C18H14N4O2S/c1-24-13-7-8-14-16(9-13)25-18(20-14)21-17(23)15-10-19-11-22(15)12-5-3-2-4-6-12/h2-11H,1H3,(H,20,21,23). The zero-order chi connectivity index (χ0) is 17.2. The first kappa shape index (κ1) is 15.3. The van der Waals surface area contributed by atoms with Crippen LogP contribution < -0.4 is 10.1 Å². The first-order valence-corrected chi connectivity index (χ1v) is 8.40. The highest BCUT2D eigenvalue weighted by atomic mass is 32.1. The summed E-state index contributed by atoms with van der Waals surface area (Å²) in [7, 11) is 1.62. The lowest BCUT2D eigenvalue weighted by molar-refractivity contribution is 0.102. The second-order valence-electron chi connectivity index (χ2n) is 5.29. The van der Waals surface area contributed by atoms with Gasteiger partial charge in [-0.3, -0.25) is 14.7 Å². The molecule has 0 bridgehead atoms. The number of hydrogen-bond donors (Lipinski definition) is 1. The van der Waals surface area contributed by atoms with Crippen LogP contribution in [0, 0.1) is 0 Å². The van der Waals surface area contributed by atoms with Gasteiger partial charge in [0, 0.05) is 5.69 Å². The molecule has 2 heterocycles. The maximum Gasteiger partial charge on any atom is 0.276 e. The van der Waals surface area contributed by atoms with Gasteiger partial charge in [-0.25, -0.2) is 9.97 Å². The number of ether oxygens (including phenoxy) is 1. The number of aromatic nitrogens is 3. The summed E-state index contributed by atoms with van der Waals surface area (Å²) in [5.41, 5.74) is 2.14. The third-order valence-corrected chi connectivity index (χ3v) is 4.66. The van der Waals surface area contributed by atoms with Gasteiger partial charge in [-0.05, 0) is 30.3 Å². The number of nitrogens with zero attached hydrogens (tertiary/aromatic N) is 3. The van der Waals surface area contributed by atoms with E-state index in [4.69, 9.17) is 4.74 Å². The summed E-state index contributed by atoms with van der Waals surface area (Å²) < 4.78 is 7.91. The number of para-hydroxylation sites is 1. The molecule has 7 heteroatoms. The van der Waals surface area contributed by atoms with E-state index in [1.165, 1.54) is 11.3 Å². The number of rotatable bonds is 4. The highest BCUT2D eigenvalue weighted by molar-refractivity contribution is 7.22. The average molecular weight is 350 g/mol. The van der Waals surface area contributed by atoms with Gasteiger partial charge < -0.3 is 4.74 Å². The van der Waals surface area contributed by atoms with E-state index >= 15 is 0 Å². The van der Waals surface area contributed by atoms with Crippen LogP contribution >= 0.6 is 11.3 Å². The van der Waals surface area contributed by atoms with E-state index in [9.17, 15) is 4.79 Å². The Kier molecular flexibility index (Phi) is 3.91. The van der Waals surface area contributed by atoms with Crippen LogP contribution in [0.15, 0.2) is 61.1 Å². The van der Waals surface area contributed by atoms with Gasteiger partial charge in [0.15, 0.2) is 5.13 Å². The molecule has 0 saturated carbocycles. The summed E-state index contributed by atoms with van der Waals surface area (Å²) >= 11 is 1.40. The van der Waals surface area contributed by atoms with Gasteiger partial charge in [0.05, 0.1) is 29.9 Å². The fraction of sp³-hybridized carbons (Fsp3) is 0.0556. The average Bonchev–Trinajstić information content (AvgIpc) is 3.28. The van der Waals surface area contributed by atoms with Crippen molar-refractivity contribution in [3.63, 3.8) is 0 Å². The minimum absolute atomic E-state index is 0.257. The summed E-state index contributed by atoms with van der Waals surface area (Å²) in [6.45, 7) is 0. The Labute approximate surface area is 147 Å². The van der Waals surface area contributed by atoms with E-state index in [1.54, 1.807) is 24.2 Å².